The van der Waals surface area contributed by atoms with Crippen LogP contribution in [0.2, 0.25) is 0 Å². The van der Waals surface area contributed by atoms with Crippen LogP contribution in [0, 0.1) is 0 Å². The second kappa shape index (κ2) is 22.4. The van der Waals surface area contributed by atoms with Crippen molar-refractivity contribution in [1.29, 1.82) is 0 Å². The number of ether oxygens (including phenoxy) is 6. The molecule has 0 saturated carbocycles. The van der Waals surface area contributed by atoms with Crippen molar-refractivity contribution in [1.82, 2.24) is 19.8 Å². The lowest BCUT2D eigenvalue weighted by Gasteiger charge is -2.34. The first-order chi connectivity index (χ1) is 25.3. The lowest BCUT2D eigenvalue weighted by molar-refractivity contribution is -0.274. The molecule has 1 aliphatic rings. The first-order valence-corrected chi connectivity index (χ1v) is 16.8. The fourth-order valence-corrected chi connectivity index (χ4v) is 4.97. The first-order valence-electron chi connectivity index (χ1n) is 16.8. The minimum absolute atomic E-state index is 0.0649. The van der Waals surface area contributed by atoms with Crippen molar-refractivity contribution in [2.45, 2.75) is 6.36 Å². The maximum Gasteiger partial charge on any atom is 0.573 e. The number of carbonyl (C=O) groups excluding carboxylic acids is 1. The number of carbonyl (C=O) groups is 1. The summed E-state index contributed by atoms with van der Waals surface area (Å²) >= 11 is 0. The lowest BCUT2D eigenvalue weighted by Crippen LogP contribution is -2.49. The van der Waals surface area contributed by atoms with Crippen molar-refractivity contribution in [3.8, 4) is 17.0 Å². The molecule has 3 aromatic rings. The van der Waals surface area contributed by atoms with Gasteiger partial charge in [0.1, 0.15) is 17.9 Å². The quantitative estimate of drug-likeness (QED) is 0.0608. The summed E-state index contributed by atoms with van der Waals surface area (Å²) in [4.78, 5) is 28.6. The molecule has 1 fully saturated rings. The summed E-state index contributed by atoms with van der Waals surface area (Å²) in [5.74, 6) is 0.0443. The van der Waals surface area contributed by atoms with E-state index in [-0.39, 0.29) is 11.7 Å². The van der Waals surface area contributed by atoms with E-state index in [1.807, 2.05) is 11.0 Å². The van der Waals surface area contributed by atoms with E-state index in [0.717, 1.165) is 25.2 Å². The highest BCUT2D eigenvalue weighted by atomic mass is 19.4. The van der Waals surface area contributed by atoms with Gasteiger partial charge in [0.15, 0.2) is 0 Å². The molecule has 0 aliphatic carbocycles. The highest BCUT2D eigenvalue weighted by molar-refractivity contribution is 5.95. The van der Waals surface area contributed by atoms with Crippen LogP contribution in [0.4, 0.5) is 24.7 Å². The smallest absolute Gasteiger partial charge is 0.406 e. The fraction of sp³-hybridized carbons (Fsp3) is 0.500. The van der Waals surface area contributed by atoms with Crippen molar-refractivity contribution >= 4 is 17.4 Å². The van der Waals surface area contributed by atoms with Gasteiger partial charge in [-0.05, 0) is 41.9 Å². The van der Waals surface area contributed by atoms with E-state index in [9.17, 15) is 18.0 Å². The Morgan fingerprint density at radius 1 is 0.808 bits per heavy atom. The molecule has 0 unspecified atom stereocenters. The number of piperazine rings is 1. The number of azide groups is 1. The third-order valence-corrected chi connectivity index (χ3v) is 7.53. The van der Waals surface area contributed by atoms with Gasteiger partial charge in [-0.25, -0.2) is 9.97 Å². The van der Waals surface area contributed by atoms with Gasteiger partial charge in [0, 0.05) is 67.1 Å². The van der Waals surface area contributed by atoms with Gasteiger partial charge in [-0.1, -0.05) is 17.2 Å². The third-order valence-electron chi connectivity index (χ3n) is 7.53. The zero-order valence-corrected chi connectivity index (χ0v) is 28.7. The van der Waals surface area contributed by atoms with Crippen molar-refractivity contribution in [2.24, 2.45) is 5.11 Å². The molecule has 2 aromatic carbocycles. The molecule has 0 radical (unpaired) electrons. The van der Waals surface area contributed by atoms with Crippen molar-refractivity contribution in [2.75, 3.05) is 111 Å². The maximum absolute atomic E-state index is 13.4. The number of rotatable bonds is 23. The van der Waals surface area contributed by atoms with E-state index in [2.05, 4.69) is 34.9 Å². The van der Waals surface area contributed by atoms with Gasteiger partial charge in [-0.15, -0.1) is 13.2 Å². The van der Waals surface area contributed by atoms with E-state index in [1.54, 1.807) is 24.3 Å². The summed E-state index contributed by atoms with van der Waals surface area (Å²) in [5.41, 5.74) is 10.5. The monoisotopic (exact) mass is 732 g/mol. The Labute approximate surface area is 299 Å². The molecule has 0 spiro atoms. The maximum atomic E-state index is 13.4. The number of nitrogens with zero attached hydrogens (tertiary/aromatic N) is 7. The fourth-order valence-electron chi connectivity index (χ4n) is 4.97. The summed E-state index contributed by atoms with van der Waals surface area (Å²) in [7, 11) is 0. The SMILES string of the molecule is [N-]=[N+]=NCCOCCOCCOCCOCCOCCN1CCN(C(=O)c2cccc(-c3cc(Nc4ccc(OC(F)(F)F)cc4)ncn3)c2)CC1. The molecule has 52 heavy (non-hydrogen) atoms. The van der Waals surface area contributed by atoms with E-state index >= 15 is 0 Å². The van der Waals surface area contributed by atoms with E-state index < -0.39 is 6.36 Å². The molecule has 1 amide bonds. The third kappa shape index (κ3) is 15.4. The van der Waals surface area contributed by atoms with Gasteiger partial charge in [-0.3, -0.25) is 9.69 Å². The van der Waals surface area contributed by atoms with Crippen molar-refractivity contribution < 1.29 is 46.4 Å². The van der Waals surface area contributed by atoms with Crippen LogP contribution >= 0.6 is 0 Å². The van der Waals surface area contributed by atoms with Crippen LogP contribution in [0.1, 0.15) is 10.4 Å². The normalized spacial score (nSPS) is 13.5. The highest BCUT2D eigenvalue weighted by Gasteiger charge is 2.31. The van der Waals surface area contributed by atoms with Crippen molar-refractivity contribution in [3.05, 3.63) is 76.9 Å². The van der Waals surface area contributed by atoms with Gasteiger partial charge in [0.25, 0.3) is 5.91 Å². The topological polar surface area (TPSA) is 166 Å². The zero-order valence-electron chi connectivity index (χ0n) is 28.7. The van der Waals surface area contributed by atoms with Gasteiger partial charge in [-0.2, -0.15) is 0 Å². The van der Waals surface area contributed by atoms with E-state index in [1.165, 1.54) is 30.6 Å². The number of hydrogen-bond acceptors (Lipinski definition) is 12. The molecular weight excluding hydrogens is 689 g/mol. The summed E-state index contributed by atoms with van der Waals surface area (Å²) in [6, 6.07) is 14.2. The summed E-state index contributed by atoms with van der Waals surface area (Å²) in [6.07, 6.45) is -3.39. The molecule has 1 N–H and O–H groups in total. The second-order valence-corrected chi connectivity index (χ2v) is 11.2. The predicted molar refractivity (Wildman–Crippen MR) is 184 cm³/mol. The number of anilines is 2. The molecule has 0 bridgehead atoms. The van der Waals surface area contributed by atoms with Crippen LogP contribution in [0.15, 0.2) is 66.0 Å². The summed E-state index contributed by atoms with van der Waals surface area (Å²) in [5, 5.41) is 6.42. The minimum Gasteiger partial charge on any atom is -0.406 e. The van der Waals surface area contributed by atoms with Crippen LogP contribution in [-0.2, 0) is 23.7 Å². The second-order valence-electron chi connectivity index (χ2n) is 11.2. The average Bonchev–Trinajstić information content (AvgIpc) is 3.15. The molecule has 1 saturated heterocycles. The Morgan fingerprint density at radius 3 is 2.04 bits per heavy atom. The predicted octanol–water partition coefficient (Wildman–Crippen LogP) is 4.94. The van der Waals surface area contributed by atoms with E-state index in [0.29, 0.717) is 108 Å². The molecule has 18 heteroatoms. The summed E-state index contributed by atoms with van der Waals surface area (Å²) in [6.45, 7) is 8.36. The minimum atomic E-state index is -4.76. The van der Waals surface area contributed by atoms with Crippen LogP contribution in [-0.4, -0.2) is 137 Å². The molecule has 1 aliphatic heterocycles. The number of alkyl halides is 3. The average molecular weight is 733 g/mol. The Balaban J connectivity index is 1.06. The van der Waals surface area contributed by atoms with Crippen molar-refractivity contribution in [3.63, 3.8) is 0 Å². The number of benzene rings is 2. The van der Waals surface area contributed by atoms with E-state index in [4.69, 9.17) is 29.2 Å². The van der Waals surface area contributed by atoms with Gasteiger partial charge in [0.2, 0.25) is 0 Å². The van der Waals surface area contributed by atoms with Crippen LogP contribution in [0.3, 0.4) is 0 Å². The van der Waals surface area contributed by atoms with Crippen LogP contribution in [0.25, 0.3) is 21.7 Å². The molecule has 15 nitrogen and oxygen atoms in total. The van der Waals surface area contributed by atoms with Crippen LogP contribution < -0.4 is 10.1 Å². The summed E-state index contributed by atoms with van der Waals surface area (Å²) < 4.78 is 68.6. The van der Waals surface area contributed by atoms with Gasteiger partial charge in [0.05, 0.1) is 71.8 Å². The Bertz CT molecular complexity index is 1540. The molecule has 2 heterocycles. The number of aromatic nitrogens is 2. The Morgan fingerprint density at radius 2 is 1.42 bits per heavy atom. The zero-order chi connectivity index (χ0) is 36.9. The molecule has 1 aromatic heterocycles. The molecule has 282 valence electrons. The first kappa shape index (κ1) is 40.2. The molecule has 4 rings (SSSR count). The Kier molecular flexibility index (Phi) is 17.3. The number of halogens is 3. The largest absolute Gasteiger partial charge is 0.573 e. The standard InChI is InChI=1S/C34H43F3N8O7/c35-34(36,37)52-30-6-4-29(5-7-30)42-32-25-31(39-26-40-32)27-2-1-3-28(24-27)33(46)45-11-9-44(10-12-45)13-15-48-17-19-50-21-23-51-22-20-49-18-16-47-14-8-41-43-38/h1-7,24-26H,8-23H2,(H,39,40,42). The number of amides is 1. The van der Waals surface area contributed by atoms with Gasteiger partial charge < -0.3 is 38.6 Å². The lowest BCUT2D eigenvalue weighted by atomic mass is 10.1. The highest BCUT2D eigenvalue weighted by Crippen LogP contribution is 2.26. The number of hydrogen-bond donors (Lipinski definition) is 1. The molecular formula is C34H43F3N8O7. The number of nitrogens with one attached hydrogen (secondary N) is 1. The van der Waals surface area contributed by atoms with Crippen LogP contribution in [0.5, 0.6) is 5.75 Å². The Hall–Kier alpha value is -4.55. The molecule has 0 atom stereocenters. The van der Waals surface area contributed by atoms with Gasteiger partial charge >= 0.3 is 6.36 Å².